The lowest BCUT2D eigenvalue weighted by molar-refractivity contribution is 0.0923. The van der Waals surface area contributed by atoms with Crippen molar-refractivity contribution in [2.75, 3.05) is 19.7 Å². The Bertz CT molecular complexity index is 1050. The van der Waals surface area contributed by atoms with Gasteiger partial charge >= 0.3 is 0 Å². The topological polar surface area (TPSA) is 80.5 Å². The number of amides is 1. The first kappa shape index (κ1) is 18.1. The van der Waals surface area contributed by atoms with Crippen molar-refractivity contribution in [1.82, 2.24) is 25.2 Å². The number of nitrogens with one attached hydrogen (secondary N) is 2. The maximum absolute atomic E-state index is 13.1. The van der Waals surface area contributed by atoms with Crippen molar-refractivity contribution in [2.24, 2.45) is 0 Å². The lowest BCUT2D eigenvalue weighted by atomic mass is 9.95. The highest BCUT2D eigenvalue weighted by atomic mass is 16.5. The third-order valence-corrected chi connectivity index (χ3v) is 6.01. The van der Waals surface area contributed by atoms with Gasteiger partial charge in [0, 0.05) is 30.2 Å². The van der Waals surface area contributed by atoms with Crippen molar-refractivity contribution < 1.29 is 9.53 Å². The van der Waals surface area contributed by atoms with E-state index in [4.69, 9.17) is 9.84 Å². The second-order valence-electron chi connectivity index (χ2n) is 7.82. The van der Waals surface area contributed by atoms with Crippen LogP contribution in [0.5, 0.6) is 5.75 Å². The van der Waals surface area contributed by atoms with E-state index in [0.717, 1.165) is 60.7 Å². The molecule has 2 N–H and O–H groups in total. The van der Waals surface area contributed by atoms with Crippen molar-refractivity contribution in [3.8, 4) is 5.75 Å². The van der Waals surface area contributed by atoms with E-state index in [0.29, 0.717) is 18.1 Å². The van der Waals surface area contributed by atoms with E-state index in [1.54, 1.807) is 6.20 Å². The molecule has 0 aliphatic carbocycles. The van der Waals surface area contributed by atoms with Crippen molar-refractivity contribution in [1.29, 1.82) is 0 Å². The Labute approximate surface area is 169 Å². The van der Waals surface area contributed by atoms with E-state index >= 15 is 0 Å². The van der Waals surface area contributed by atoms with Crippen molar-refractivity contribution >= 4 is 11.6 Å². The van der Waals surface area contributed by atoms with Gasteiger partial charge in [0.05, 0.1) is 29.6 Å². The van der Waals surface area contributed by atoms with Crippen LogP contribution >= 0.6 is 0 Å². The van der Waals surface area contributed by atoms with Crippen LogP contribution in [0.15, 0.2) is 36.5 Å². The molecule has 2 aliphatic rings. The molecule has 5 rings (SSSR count). The molecule has 1 aromatic carbocycles. The predicted octanol–water partition coefficient (Wildman–Crippen LogP) is 2.76. The van der Waals surface area contributed by atoms with Gasteiger partial charge in [0.2, 0.25) is 0 Å². The summed E-state index contributed by atoms with van der Waals surface area (Å²) in [5.74, 6) is 1.17. The van der Waals surface area contributed by atoms with Gasteiger partial charge in [-0.1, -0.05) is 18.2 Å². The first-order chi connectivity index (χ1) is 14.2. The van der Waals surface area contributed by atoms with E-state index in [2.05, 4.69) is 21.7 Å². The smallest absolute Gasteiger partial charge is 0.255 e. The second kappa shape index (κ2) is 7.48. The highest BCUT2D eigenvalue weighted by Crippen LogP contribution is 2.32. The van der Waals surface area contributed by atoms with Crippen LogP contribution in [0, 0.1) is 6.92 Å². The van der Waals surface area contributed by atoms with Gasteiger partial charge in [-0.25, -0.2) is 9.50 Å². The first-order valence-corrected chi connectivity index (χ1v) is 10.3. The minimum Gasteiger partial charge on any atom is -0.493 e. The molecule has 0 unspecified atom stereocenters. The van der Waals surface area contributed by atoms with Crippen LogP contribution < -0.4 is 15.4 Å². The fourth-order valence-electron chi connectivity index (χ4n) is 4.33. The van der Waals surface area contributed by atoms with Gasteiger partial charge in [0.1, 0.15) is 5.75 Å². The van der Waals surface area contributed by atoms with E-state index in [-0.39, 0.29) is 11.9 Å². The fourth-order valence-corrected chi connectivity index (χ4v) is 4.33. The zero-order chi connectivity index (χ0) is 19.8. The molecule has 7 nitrogen and oxygen atoms in total. The average Bonchev–Trinajstić information content (AvgIpc) is 3.20. The molecule has 7 heteroatoms. The largest absolute Gasteiger partial charge is 0.493 e. The second-order valence-corrected chi connectivity index (χ2v) is 7.82. The van der Waals surface area contributed by atoms with Gasteiger partial charge in [0.25, 0.3) is 5.91 Å². The summed E-state index contributed by atoms with van der Waals surface area (Å²) in [6, 6.07) is 9.86. The van der Waals surface area contributed by atoms with Crippen LogP contribution in [0.25, 0.3) is 5.65 Å². The molecule has 0 radical (unpaired) electrons. The quantitative estimate of drug-likeness (QED) is 0.718. The Morgan fingerprint density at radius 3 is 2.93 bits per heavy atom. The Morgan fingerprint density at radius 1 is 1.24 bits per heavy atom. The lowest BCUT2D eigenvalue weighted by Gasteiger charge is -2.26. The van der Waals surface area contributed by atoms with Crippen LogP contribution in [-0.4, -0.2) is 40.2 Å². The van der Waals surface area contributed by atoms with Crippen LogP contribution in [0.4, 0.5) is 0 Å². The highest BCUT2D eigenvalue weighted by Gasteiger charge is 2.25. The molecule has 4 heterocycles. The Kier molecular flexibility index (Phi) is 4.67. The molecule has 3 aromatic rings. The van der Waals surface area contributed by atoms with Gasteiger partial charge in [-0.2, -0.15) is 5.10 Å². The number of carbonyl (C=O) groups excluding carboxylic acids is 1. The van der Waals surface area contributed by atoms with Crippen LogP contribution in [0.2, 0.25) is 0 Å². The van der Waals surface area contributed by atoms with Crippen LogP contribution in [-0.2, 0) is 0 Å². The Morgan fingerprint density at radius 2 is 2.07 bits per heavy atom. The molecule has 2 aromatic heterocycles. The predicted molar refractivity (Wildman–Crippen MR) is 109 cm³/mol. The summed E-state index contributed by atoms with van der Waals surface area (Å²) >= 11 is 0. The molecular formula is C22H25N5O2. The van der Waals surface area contributed by atoms with Crippen LogP contribution in [0.1, 0.15) is 58.5 Å². The fraction of sp³-hybridized carbons (Fsp3) is 0.409. The van der Waals surface area contributed by atoms with E-state index in [1.165, 1.54) is 0 Å². The van der Waals surface area contributed by atoms with Crippen LogP contribution in [0.3, 0.4) is 0 Å². The number of para-hydroxylation sites is 1. The summed E-state index contributed by atoms with van der Waals surface area (Å²) in [7, 11) is 0. The molecule has 2 aliphatic heterocycles. The number of piperidine rings is 1. The zero-order valence-electron chi connectivity index (χ0n) is 16.5. The van der Waals surface area contributed by atoms with Gasteiger partial charge in [0.15, 0.2) is 5.65 Å². The number of aromatic nitrogens is 3. The number of fused-ring (bicyclic) bond motifs is 2. The van der Waals surface area contributed by atoms with Gasteiger partial charge in [-0.15, -0.1) is 0 Å². The Balaban J connectivity index is 1.41. The molecule has 1 amide bonds. The minimum absolute atomic E-state index is 0.0644. The monoisotopic (exact) mass is 391 g/mol. The van der Waals surface area contributed by atoms with E-state index < -0.39 is 0 Å². The third-order valence-electron chi connectivity index (χ3n) is 6.01. The number of nitrogens with zero attached hydrogens (tertiary/aromatic N) is 3. The van der Waals surface area contributed by atoms with Crippen molar-refractivity contribution in [2.45, 2.75) is 38.1 Å². The summed E-state index contributed by atoms with van der Waals surface area (Å²) in [6.07, 6.45) is 4.58. The summed E-state index contributed by atoms with van der Waals surface area (Å²) < 4.78 is 7.51. The normalized spacial score (nSPS) is 19.6. The van der Waals surface area contributed by atoms with Crippen molar-refractivity contribution in [3.05, 3.63) is 59.0 Å². The SMILES string of the molecule is Cc1c(C(=O)N[C@H]2CCOc3ccccc32)cnc2cc(C3CCNCC3)nn12. The molecule has 150 valence electrons. The van der Waals surface area contributed by atoms with Crippen molar-refractivity contribution in [3.63, 3.8) is 0 Å². The molecule has 1 atom stereocenters. The number of rotatable bonds is 3. The lowest BCUT2D eigenvalue weighted by Crippen LogP contribution is -2.33. The minimum atomic E-state index is -0.127. The number of ether oxygens (including phenoxy) is 1. The molecule has 1 saturated heterocycles. The summed E-state index contributed by atoms with van der Waals surface area (Å²) in [6.45, 7) is 4.56. The number of benzene rings is 1. The molecule has 0 spiro atoms. The number of hydrogen-bond donors (Lipinski definition) is 2. The standard InChI is InChI=1S/C22H25N5O2/c1-14-17(22(28)25-18-8-11-29-20-5-3-2-4-16(18)20)13-24-21-12-19(26-27(14)21)15-6-9-23-10-7-15/h2-5,12-13,15,18,23H,6-11H2,1H3,(H,25,28)/t18-/m0/s1. The summed E-state index contributed by atoms with van der Waals surface area (Å²) in [5, 5.41) is 11.3. The number of carbonyl (C=O) groups is 1. The van der Waals surface area contributed by atoms with Gasteiger partial charge < -0.3 is 15.4 Å². The zero-order valence-corrected chi connectivity index (χ0v) is 16.5. The number of hydrogen-bond acceptors (Lipinski definition) is 5. The number of aryl methyl sites for hydroxylation is 1. The summed E-state index contributed by atoms with van der Waals surface area (Å²) in [4.78, 5) is 17.6. The third kappa shape index (κ3) is 3.35. The molecule has 0 saturated carbocycles. The van der Waals surface area contributed by atoms with E-state index in [1.807, 2.05) is 35.7 Å². The first-order valence-electron chi connectivity index (χ1n) is 10.3. The van der Waals surface area contributed by atoms with E-state index in [9.17, 15) is 4.79 Å². The Hall–Kier alpha value is -2.93. The van der Waals surface area contributed by atoms with Gasteiger partial charge in [-0.05, 0) is 38.9 Å². The maximum Gasteiger partial charge on any atom is 0.255 e. The molecule has 29 heavy (non-hydrogen) atoms. The molecule has 0 bridgehead atoms. The maximum atomic E-state index is 13.1. The summed E-state index contributed by atoms with van der Waals surface area (Å²) in [5.41, 5.74) is 4.25. The molecular weight excluding hydrogens is 366 g/mol. The molecule has 1 fully saturated rings. The highest BCUT2D eigenvalue weighted by molar-refractivity contribution is 5.95. The average molecular weight is 391 g/mol. The van der Waals surface area contributed by atoms with Gasteiger partial charge in [-0.3, -0.25) is 4.79 Å².